The largest absolute Gasteiger partial charge is 0.489 e. The lowest BCUT2D eigenvalue weighted by molar-refractivity contribution is -0.196. The van der Waals surface area contributed by atoms with E-state index >= 15 is 4.39 Å². The number of carbonyl (C=O) groups is 4. The number of benzene rings is 3. The number of carbonyl (C=O) groups excluding carboxylic acids is 4. The average molecular weight is 805 g/mol. The maximum absolute atomic E-state index is 15.1. The summed E-state index contributed by atoms with van der Waals surface area (Å²) in [4.78, 5) is 56.9. The molecule has 1 N–H and O–H groups in total. The van der Waals surface area contributed by atoms with Crippen LogP contribution >= 0.6 is 0 Å². The molecular formula is C48H57FN4O6. The number of halogens is 1. The first kappa shape index (κ1) is 42.1. The number of piperazine rings is 1. The summed E-state index contributed by atoms with van der Waals surface area (Å²) < 4.78 is 28.0. The molecule has 2 heterocycles. The average Bonchev–Trinajstić information content (AvgIpc) is 3.20. The number of terminal acetylenes is 1. The lowest BCUT2D eigenvalue weighted by Crippen LogP contribution is -2.66. The van der Waals surface area contributed by atoms with Crippen molar-refractivity contribution in [1.29, 1.82) is 0 Å². The molecule has 2 saturated heterocycles. The normalized spacial score (nSPS) is 24.2. The molecule has 1 amide bonds. The number of morpholine rings is 1. The third-order valence-electron chi connectivity index (χ3n) is 13.3. The smallest absolute Gasteiger partial charge is 0.254 e. The Morgan fingerprint density at radius 1 is 0.915 bits per heavy atom. The second-order valence-electron chi connectivity index (χ2n) is 18.1. The van der Waals surface area contributed by atoms with Gasteiger partial charge in [-0.25, -0.2) is 4.39 Å². The standard InChI is InChI=1S/C48H57FN4O6/c1-8-38-30(2)23-36(24-31(38)3)59-46-47(4,5)44(48(46,6)7)27-42(55)32-9-11-33(12-10-32)53-21-22-58-37(29-53)28-51-17-19-52(20-18-51)34-13-15-39(40(49)25-34)45(57)50-41-16-14-35(54)26-43(41)56/h1,9-13,15,23-25,37,41,44,46H,14,16-22,26-29H2,2-7H3,(H,50,57)/t37-,41-,44?,46?/m1/s1. The number of ether oxygens (including phenoxy) is 2. The third-order valence-corrected chi connectivity index (χ3v) is 13.3. The van der Waals surface area contributed by atoms with Gasteiger partial charge in [-0.05, 0) is 91.9 Å². The fraction of sp³-hybridized carbons (Fsp3) is 0.500. The highest BCUT2D eigenvalue weighted by Crippen LogP contribution is 2.61. The molecule has 2 atom stereocenters. The van der Waals surface area contributed by atoms with Crippen LogP contribution in [-0.2, 0) is 14.3 Å². The van der Waals surface area contributed by atoms with Crippen molar-refractivity contribution in [1.82, 2.24) is 10.2 Å². The van der Waals surface area contributed by atoms with Gasteiger partial charge in [0, 0.05) is 92.0 Å². The van der Waals surface area contributed by atoms with Crippen LogP contribution in [0, 0.1) is 48.8 Å². The maximum Gasteiger partial charge on any atom is 0.254 e. The Bertz CT molecular complexity index is 2110. The van der Waals surface area contributed by atoms with E-state index in [2.05, 4.69) is 53.6 Å². The first-order valence-corrected chi connectivity index (χ1v) is 20.9. The molecule has 0 unspecified atom stereocenters. The molecule has 2 aliphatic heterocycles. The summed E-state index contributed by atoms with van der Waals surface area (Å²) in [5.41, 5.74) is 4.93. The van der Waals surface area contributed by atoms with E-state index in [4.69, 9.17) is 15.9 Å². The number of ketones is 3. The van der Waals surface area contributed by atoms with Gasteiger partial charge in [0.25, 0.3) is 5.91 Å². The topological polar surface area (TPSA) is 108 Å². The molecule has 4 aliphatic rings. The molecule has 3 aromatic rings. The van der Waals surface area contributed by atoms with Gasteiger partial charge in [0.15, 0.2) is 11.6 Å². The van der Waals surface area contributed by atoms with Crippen molar-refractivity contribution in [3.05, 3.63) is 88.2 Å². The van der Waals surface area contributed by atoms with Gasteiger partial charge in [0.05, 0.1) is 30.7 Å². The summed E-state index contributed by atoms with van der Waals surface area (Å²) in [7, 11) is 0. The molecule has 4 fully saturated rings. The third kappa shape index (κ3) is 8.80. The molecule has 0 aromatic heterocycles. The Morgan fingerprint density at radius 3 is 2.20 bits per heavy atom. The number of amides is 1. The monoisotopic (exact) mass is 804 g/mol. The van der Waals surface area contributed by atoms with E-state index in [9.17, 15) is 19.2 Å². The quantitative estimate of drug-likeness (QED) is 0.131. The van der Waals surface area contributed by atoms with E-state index in [1.165, 1.54) is 12.1 Å². The molecule has 0 radical (unpaired) electrons. The number of aryl methyl sites for hydroxylation is 2. The minimum absolute atomic E-state index is 0.0161. The molecule has 312 valence electrons. The van der Waals surface area contributed by atoms with Crippen molar-refractivity contribution in [2.24, 2.45) is 16.7 Å². The number of hydrogen-bond donors (Lipinski definition) is 1. The molecule has 2 saturated carbocycles. The maximum atomic E-state index is 15.1. The van der Waals surface area contributed by atoms with Crippen LogP contribution in [0.4, 0.5) is 15.8 Å². The van der Waals surface area contributed by atoms with Crippen LogP contribution in [0.2, 0.25) is 0 Å². The summed E-state index contributed by atoms with van der Waals surface area (Å²) in [6, 6.07) is 15.9. The molecule has 59 heavy (non-hydrogen) atoms. The molecular weight excluding hydrogens is 748 g/mol. The molecule has 0 bridgehead atoms. The van der Waals surface area contributed by atoms with Crippen LogP contribution in [0.1, 0.15) is 90.8 Å². The van der Waals surface area contributed by atoms with E-state index in [0.29, 0.717) is 31.8 Å². The molecule has 7 rings (SSSR count). The Balaban J connectivity index is 0.879. The van der Waals surface area contributed by atoms with Crippen LogP contribution in [0.25, 0.3) is 0 Å². The number of hydrogen-bond acceptors (Lipinski definition) is 9. The second-order valence-corrected chi connectivity index (χ2v) is 18.1. The highest BCUT2D eigenvalue weighted by molar-refractivity contribution is 6.06. The molecule has 10 nitrogen and oxygen atoms in total. The highest BCUT2D eigenvalue weighted by atomic mass is 19.1. The zero-order chi connectivity index (χ0) is 42.2. The zero-order valence-corrected chi connectivity index (χ0v) is 35.2. The Labute approximate surface area is 347 Å². The summed E-state index contributed by atoms with van der Waals surface area (Å²) in [5.74, 6) is 2.13. The van der Waals surface area contributed by atoms with Gasteiger partial charge in [-0.3, -0.25) is 24.1 Å². The number of nitrogens with one attached hydrogen (secondary N) is 1. The fourth-order valence-corrected chi connectivity index (χ4v) is 10.2. The first-order valence-electron chi connectivity index (χ1n) is 20.9. The van der Waals surface area contributed by atoms with E-state index in [1.807, 2.05) is 50.2 Å². The predicted molar refractivity (Wildman–Crippen MR) is 227 cm³/mol. The number of nitrogens with zero attached hydrogens (tertiary/aromatic N) is 3. The Hall–Kier alpha value is -5.05. The Kier molecular flexibility index (Phi) is 12.1. The summed E-state index contributed by atoms with van der Waals surface area (Å²) in [6.07, 6.45) is 6.41. The lowest BCUT2D eigenvalue weighted by Gasteiger charge is -2.63. The molecule has 0 spiro atoms. The number of rotatable bonds is 11. The molecule has 3 aromatic carbocycles. The van der Waals surface area contributed by atoms with Crippen molar-refractivity contribution in [2.75, 3.05) is 62.2 Å². The van der Waals surface area contributed by atoms with Crippen molar-refractivity contribution in [2.45, 2.75) is 85.5 Å². The number of Topliss-reactive ketones (excluding diaryl/α,β-unsaturated/α-hetero) is 3. The van der Waals surface area contributed by atoms with Gasteiger partial charge in [-0.15, -0.1) is 6.42 Å². The highest BCUT2D eigenvalue weighted by Gasteiger charge is 2.63. The van der Waals surface area contributed by atoms with Crippen molar-refractivity contribution in [3.8, 4) is 18.1 Å². The summed E-state index contributed by atoms with van der Waals surface area (Å²) in [5, 5.41) is 2.60. The van der Waals surface area contributed by atoms with E-state index < -0.39 is 17.8 Å². The summed E-state index contributed by atoms with van der Waals surface area (Å²) in [6.45, 7) is 18.7. The number of anilines is 2. The van der Waals surface area contributed by atoms with E-state index in [1.54, 1.807) is 6.07 Å². The van der Waals surface area contributed by atoms with Crippen LogP contribution in [0.5, 0.6) is 5.75 Å². The molecule has 2 aliphatic carbocycles. The van der Waals surface area contributed by atoms with E-state index in [-0.39, 0.29) is 71.1 Å². The van der Waals surface area contributed by atoms with Gasteiger partial charge in [0.2, 0.25) is 0 Å². The Morgan fingerprint density at radius 2 is 1.58 bits per heavy atom. The van der Waals surface area contributed by atoms with Crippen molar-refractivity contribution in [3.63, 3.8) is 0 Å². The predicted octanol–water partition coefficient (Wildman–Crippen LogP) is 6.57. The van der Waals surface area contributed by atoms with Crippen LogP contribution in [-0.4, -0.2) is 98.8 Å². The second kappa shape index (κ2) is 16.9. The van der Waals surface area contributed by atoms with Gasteiger partial charge >= 0.3 is 0 Å². The van der Waals surface area contributed by atoms with Gasteiger partial charge < -0.3 is 24.6 Å². The van der Waals surface area contributed by atoms with Crippen molar-refractivity contribution < 1.29 is 33.0 Å². The van der Waals surface area contributed by atoms with Crippen molar-refractivity contribution >= 4 is 34.6 Å². The zero-order valence-electron chi connectivity index (χ0n) is 35.2. The minimum atomic E-state index is -0.761. The minimum Gasteiger partial charge on any atom is -0.489 e. The summed E-state index contributed by atoms with van der Waals surface area (Å²) >= 11 is 0. The first-order chi connectivity index (χ1) is 28.0. The van der Waals surface area contributed by atoms with Gasteiger partial charge in [-0.1, -0.05) is 33.6 Å². The lowest BCUT2D eigenvalue weighted by atomic mass is 9.44. The van der Waals surface area contributed by atoms with Crippen LogP contribution < -0.4 is 19.9 Å². The SMILES string of the molecule is C#Cc1c(C)cc(OC2C(C)(C)C(CC(=O)c3ccc(N4CCO[C@H](CN5CCN(c6ccc(C(=O)N[C@@H]7CCC(=O)CC7=O)c(F)c6)CC5)C4)cc3)C2(C)C)cc1C. The van der Waals surface area contributed by atoms with Crippen LogP contribution in [0.15, 0.2) is 54.6 Å². The van der Waals surface area contributed by atoms with Gasteiger partial charge in [-0.2, -0.15) is 0 Å². The fourth-order valence-electron chi connectivity index (χ4n) is 10.2. The van der Waals surface area contributed by atoms with Crippen LogP contribution in [0.3, 0.4) is 0 Å². The van der Waals surface area contributed by atoms with E-state index in [0.717, 1.165) is 66.4 Å². The van der Waals surface area contributed by atoms with Gasteiger partial charge in [0.1, 0.15) is 23.5 Å². The molecule has 11 heteroatoms.